The second-order valence-electron chi connectivity index (χ2n) is 6.10. The number of nitrogens with one attached hydrogen (secondary N) is 3. The molecule has 3 rings (SSSR count). The second kappa shape index (κ2) is 9.01. The van der Waals surface area contributed by atoms with Crippen molar-refractivity contribution in [3.05, 3.63) is 82.9 Å². The highest BCUT2D eigenvalue weighted by molar-refractivity contribution is 6.30. The summed E-state index contributed by atoms with van der Waals surface area (Å²) in [6.07, 6.45) is 0.158. The molecule has 0 heterocycles. The van der Waals surface area contributed by atoms with Crippen molar-refractivity contribution in [3.63, 3.8) is 0 Å². The standard InChI is InChI=1S/C21H18ClN3O3/c22-17-10-8-15(9-11-17)21(28)25-24-20(27)13-23-19(26)12-16-6-3-5-14-4-1-2-7-18(14)16/h1-11H,12-13H2,(H,23,26)(H,24,27)(H,25,28). The van der Waals surface area contributed by atoms with Gasteiger partial charge < -0.3 is 5.32 Å². The number of carbonyl (C=O) groups is 3. The molecule has 0 aliphatic carbocycles. The van der Waals surface area contributed by atoms with Crippen molar-refractivity contribution < 1.29 is 14.4 Å². The molecule has 3 aromatic carbocycles. The van der Waals surface area contributed by atoms with Crippen molar-refractivity contribution in [3.8, 4) is 0 Å². The van der Waals surface area contributed by atoms with E-state index in [1.165, 1.54) is 12.1 Å². The van der Waals surface area contributed by atoms with E-state index in [9.17, 15) is 14.4 Å². The van der Waals surface area contributed by atoms with E-state index < -0.39 is 11.8 Å². The molecule has 0 atom stereocenters. The third-order valence-corrected chi connectivity index (χ3v) is 4.35. The number of hydrogen-bond acceptors (Lipinski definition) is 3. The molecular formula is C21H18ClN3O3. The molecule has 0 saturated heterocycles. The summed E-state index contributed by atoms with van der Waals surface area (Å²) in [6, 6.07) is 19.8. The van der Waals surface area contributed by atoms with E-state index in [0.29, 0.717) is 10.6 Å². The Kier molecular flexibility index (Phi) is 6.24. The van der Waals surface area contributed by atoms with E-state index in [4.69, 9.17) is 11.6 Å². The molecule has 0 aliphatic heterocycles. The van der Waals surface area contributed by atoms with Crippen molar-refractivity contribution in [1.29, 1.82) is 0 Å². The summed E-state index contributed by atoms with van der Waals surface area (Å²) < 4.78 is 0. The molecule has 3 aromatic rings. The number of benzene rings is 3. The maximum absolute atomic E-state index is 12.2. The van der Waals surface area contributed by atoms with Crippen molar-refractivity contribution in [2.45, 2.75) is 6.42 Å². The van der Waals surface area contributed by atoms with Gasteiger partial charge >= 0.3 is 0 Å². The van der Waals surface area contributed by atoms with Crippen LogP contribution in [0.4, 0.5) is 0 Å². The summed E-state index contributed by atoms with van der Waals surface area (Å²) >= 11 is 5.76. The summed E-state index contributed by atoms with van der Waals surface area (Å²) in [7, 11) is 0. The van der Waals surface area contributed by atoms with Gasteiger partial charge in [-0.2, -0.15) is 0 Å². The number of halogens is 1. The topological polar surface area (TPSA) is 87.3 Å². The van der Waals surface area contributed by atoms with Crippen LogP contribution in [0.5, 0.6) is 0 Å². The number of rotatable bonds is 5. The van der Waals surface area contributed by atoms with Crippen molar-refractivity contribution in [2.75, 3.05) is 6.54 Å². The Balaban J connectivity index is 1.47. The number of carbonyl (C=O) groups excluding carboxylic acids is 3. The van der Waals surface area contributed by atoms with Gasteiger partial charge in [0.15, 0.2) is 0 Å². The van der Waals surface area contributed by atoms with Gasteiger partial charge in [0.1, 0.15) is 0 Å². The lowest BCUT2D eigenvalue weighted by molar-refractivity contribution is -0.126. The van der Waals surface area contributed by atoms with Gasteiger partial charge in [-0.25, -0.2) is 0 Å². The fourth-order valence-corrected chi connectivity index (χ4v) is 2.83. The third-order valence-electron chi connectivity index (χ3n) is 4.10. The van der Waals surface area contributed by atoms with E-state index in [2.05, 4.69) is 16.2 Å². The Morgan fingerprint density at radius 2 is 1.50 bits per heavy atom. The Morgan fingerprint density at radius 3 is 2.29 bits per heavy atom. The van der Waals surface area contributed by atoms with Crippen molar-refractivity contribution in [1.82, 2.24) is 16.2 Å². The molecule has 3 N–H and O–H groups in total. The molecule has 142 valence electrons. The lowest BCUT2D eigenvalue weighted by Crippen LogP contribution is -2.46. The lowest BCUT2D eigenvalue weighted by atomic mass is 10.0. The Morgan fingerprint density at radius 1 is 0.786 bits per heavy atom. The van der Waals surface area contributed by atoms with Crippen LogP contribution in [-0.4, -0.2) is 24.3 Å². The molecule has 0 aromatic heterocycles. The summed E-state index contributed by atoms with van der Waals surface area (Å²) in [5.41, 5.74) is 5.77. The molecule has 0 radical (unpaired) electrons. The Bertz CT molecular complexity index is 1010. The minimum atomic E-state index is -0.534. The molecule has 6 nitrogen and oxygen atoms in total. The van der Waals surface area contributed by atoms with E-state index in [0.717, 1.165) is 16.3 Å². The number of hydrazine groups is 1. The van der Waals surface area contributed by atoms with Crippen LogP contribution in [0.15, 0.2) is 66.7 Å². The largest absolute Gasteiger partial charge is 0.347 e. The maximum Gasteiger partial charge on any atom is 0.269 e. The third kappa shape index (κ3) is 5.08. The fraction of sp³-hybridized carbons (Fsp3) is 0.0952. The van der Waals surface area contributed by atoms with Crippen molar-refractivity contribution in [2.24, 2.45) is 0 Å². The van der Waals surface area contributed by atoms with E-state index >= 15 is 0 Å². The molecular weight excluding hydrogens is 378 g/mol. The predicted molar refractivity (Wildman–Crippen MR) is 108 cm³/mol. The van der Waals surface area contributed by atoms with Gasteiger partial charge in [0.05, 0.1) is 13.0 Å². The average molecular weight is 396 g/mol. The highest BCUT2D eigenvalue weighted by Crippen LogP contribution is 2.18. The molecule has 3 amide bonds. The van der Waals surface area contributed by atoms with E-state index in [1.54, 1.807) is 12.1 Å². The zero-order valence-corrected chi connectivity index (χ0v) is 15.6. The van der Waals surface area contributed by atoms with Crippen LogP contribution in [0.2, 0.25) is 5.02 Å². The average Bonchev–Trinajstić information content (AvgIpc) is 2.71. The summed E-state index contributed by atoms with van der Waals surface area (Å²) in [6.45, 7) is -0.246. The highest BCUT2D eigenvalue weighted by atomic mass is 35.5. The zero-order chi connectivity index (χ0) is 19.9. The van der Waals surface area contributed by atoms with Gasteiger partial charge in [-0.15, -0.1) is 0 Å². The van der Waals surface area contributed by atoms with Crippen LogP contribution in [0, 0.1) is 0 Å². The van der Waals surface area contributed by atoms with Crippen LogP contribution in [0.1, 0.15) is 15.9 Å². The normalized spacial score (nSPS) is 10.3. The molecule has 7 heteroatoms. The summed E-state index contributed by atoms with van der Waals surface area (Å²) in [5, 5.41) is 5.11. The lowest BCUT2D eigenvalue weighted by Gasteiger charge is -2.09. The molecule has 0 saturated carbocycles. The number of amides is 3. The smallest absolute Gasteiger partial charge is 0.269 e. The minimum Gasteiger partial charge on any atom is -0.347 e. The molecule has 28 heavy (non-hydrogen) atoms. The number of fused-ring (bicyclic) bond motifs is 1. The quantitative estimate of drug-likeness (QED) is 0.580. The van der Waals surface area contributed by atoms with E-state index in [-0.39, 0.29) is 18.9 Å². The van der Waals surface area contributed by atoms with Gasteiger partial charge in [-0.3, -0.25) is 25.2 Å². The molecule has 0 unspecified atom stereocenters. The SMILES string of the molecule is O=C(Cc1cccc2ccccc12)NCC(=O)NNC(=O)c1ccc(Cl)cc1. The van der Waals surface area contributed by atoms with Crippen LogP contribution >= 0.6 is 11.6 Å². The first-order valence-corrected chi connectivity index (χ1v) is 8.99. The van der Waals surface area contributed by atoms with Crippen LogP contribution in [0.3, 0.4) is 0 Å². The monoisotopic (exact) mass is 395 g/mol. The fourth-order valence-electron chi connectivity index (χ4n) is 2.71. The zero-order valence-electron chi connectivity index (χ0n) is 14.9. The molecule has 0 bridgehead atoms. The summed E-state index contributed by atoms with van der Waals surface area (Å²) in [4.78, 5) is 35.9. The first kappa shape index (κ1) is 19.4. The van der Waals surface area contributed by atoms with Crippen LogP contribution in [0.25, 0.3) is 10.8 Å². The Hall–Kier alpha value is -3.38. The van der Waals surface area contributed by atoms with Crippen LogP contribution in [-0.2, 0) is 16.0 Å². The molecule has 0 fully saturated rings. The van der Waals surface area contributed by atoms with Gasteiger partial charge in [-0.05, 0) is 40.6 Å². The van der Waals surface area contributed by atoms with Crippen LogP contribution < -0.4 is 16.2 Å². The highest BCUT2D eigenvalue weighted by Gasteiger charge is 2.10. The van der Waals surface area contributed by atoms with Crippen molar-refractivity contribution >= 4 is 40.1 Å². The first-order valence-electron chi connectivity index (χ1n) is 8.61. The minimum absolute atomic E-state index is 0.158. The van der Waals surface area contributed by atoms with Gasteiger partial charge in [-0.1, -0.05) is 54.1 Å². The van der Waals surface area contributed by atoms with E-state index in [1.807, 2.05) is 42.5 Å². The Labute approximate surface area is 166 Å². The number of hydrogen-bond donors (Lipinski definition) is 3. The first-order chi connectivity index (χ1) is 13.5. The summed E-state index contributed by atoms with van der Waals surface area (Å²) in [5.74, 6) is -1.30. The van der Waals surface area contributed by atoms with Gasteiger partial charge in [0, 0.05) is 10.6 Å². The van der Waals surface area contributed by atoms with Gasteiger partial charge in [0.25, 0.3) is 11.8 Å². The van der Waals surface area contributed by atoms with Gasteiger partial charge in [0.2, 0.25) is 5.91 Å². The predicted octanol–water partition coefficient (Wildman–Crippen LogP) is 2.61. The second-order valence-corrected chi connectivity index (χ2v) is 6.54. The molecule has 0 spiro atoms. The maximum atomic E-state index is 12.2. The molecule has 0 aliphatic rings.